The number of piperidine rings is 1. The summed E-state index contributed by atoms with van der Waals surface area (Å²) in [5.41, 5.74) is 16.7. The Kier molecular flexibility index (Phi) is 30.2. The number of unbranched alkanes of at least 4 members (excludes halogenated alkanes) is 1. The Labute approximate surface area is 453 Å². The number of rotatable bonds is 38. The standard InChI is InChI=1S/C46H81N11O20S/c1-31(59)53-37-39(63)42(33(29-58)75-44(37)67)77-45-41(65)40(64)38(62)34(76-45)30-74-25-24-73-23-21-70-17-10-50-43(66)32-27-46(28-32)7-14-57(15-8-46)78(68,69)26-12-49-35(60)5-4-6-36(61)56(13-3-2-9-51-54-47)16-19-72-22-20-71-18-11-52-55-48/h32-34,37-42,44-45,58,62-65,67H,2-30H2,1H3,(H,49,60)(H,50,66)(H,53,59)/t33-,34-,37-,38-,39-,40+,41+,42-,44?,45+/m1/s1. The van der Waals surface area contributed by atoms with E-state index in [9.17, 15) is 58.2 Å². The van der Waals surface area contributed by atoms with Crippen molar-refractivity contribution in [2.24, 2.45) is 21.6 Å². The fourth-order valence-corrected chi connectivity index (χ4v) is 10.8. The van der Waals surface area contributed by atoms with Gasteiger partial charge in [0, 0.05) is 87.9 Å². The van der Waals surface area contributed by atoms with Gasteiger partial charge in [-0.3, -0.25) is 19.2 Å². The molecule has 0 aromatic carbocycles. The summed E-state index contributed by atoms with van der Waals surface area (Å²) in [5, 5.41) is 77.1. The number of amides is 4. The van der Waals surface area contributed by atoms with Gasteiger partial charge in [0.2, 0.25) is 33.7 Å². The van der Waals surface area contributed by atoms with Crippen molar-refractivity contribution >= 4 is 33.7 Å². The average molecular weight is 1140 g/mol. The smallest absolute Gasteiger partial charge is 0.223 e. The number of carbonyl (C=O) groups is 4. The van der Waals surface area contributed by atoms with E-state index in [4.69, 9.17) is 49.0 Å². The topological polar surface area (TPSA) is 438 Å². The number of nitrogens with one attached hydrogen (secondary N) is 3. The van der Waals surface area contributed by atoms with Gasteiger partial charge in [0.05, 0.1) is 78.4 Å². The van der Waals surface area contributed by atoms with Crippen LogP contribution in [0.4, 0.5) is 0 Å². The molecule has 1 saturated carbocycles. The first kappa shape index (κ1) is 66.4. The van der Waals surface area contributed by atoms with Crippen molar-refractivity contribution in [3.63, 3.8) is 0 Å². The summed E-state index contributed by atoms with van der Waals surface area (Å²) in [6, 6.07) is -1.35. The normalized spacial score (nSPS) is 26.2. The predicted octanol–water partition coefficient (Wildman–Crippen LogP) is -2.71. The van der Waals surface area contributed by atoms with Gasteiger partial charge in [-0.05, 0) is 61.4 Å². The molecule has 3 saturated heterocycles. The SMILES string of the molecule is CC(=O)N[C@H]1C(O)O[C@H](CO)[C@@H](O[C@@H]2O[C@H](COCCOCCOCCNC(=O)C3CC4(CCN(S(=O)(=O)CCNC(=O)CCCC(=O)N(CCCCN=[N+]=[N-])CCOCCOCCN=[N+]=[N-])CC4)C3)[C@@H](O)[C@H](O)[C@@H]2O)[C@@H]1O. The number of sulfonamides is 1. The van der Waals surface area contributed by atoms with Gasteiger partial charge in [0.15, 0.2) is 12.6 Å². The quantitative estimate of drug-likeness (QED) is 0.0131. The zero-order chi connectivity index (χ0) is 56.9. The highest BCUT2D eigenvalue weighted by Crippen LogP contribution is 2.52. The van der Waals surface area contributed by atoms with Crippen LogP contribution >= 0.6 is 0 Å². The average Bonchev–Trinajstić information content (AvgIpc) is 3.43. The van der Waals surface area contributed by atoms with Crippen molar-refractivity contribution in [2.75, 3.05) is 131 Å². The van der Waals surface area contributed by atoms with Crippen LogP contribution in [0.25, 0.3) is 20.9 Å². The fourth-order valence-electron chi connectivity index (χ4n) is 9.44. The van der Waals surface area contributed by atoms with E-state index in [2.05, 4.69) is 36.0 Å². The Morgan fingerprint density at radius 2 is 1.37 bits per heavy atom. The maximum atomic E-state index is 13.2. The van der Waals surface area contributed by atoms with E-state index in [1.54, 1.807) is 4.90 Å². The van der Waals surface area contributed by atoms with Crippen molar-refractivity contribution in [3.8, 4) is 0 Å². The van der Waals surface area contributed by atoms with Crippen LogP contribution in [-0.2, 0) is 67.1 Å². The van der Waals surface area contributed by atoms with E-state index in [-0.39, 0.29) is 133 Å². The van der Waals surface area contributed by atoms with Crippen LogP contribution < -0.4 is 16.0 Å². The summed E-state index contributed by atoms with van der Waals surface area (Å²) in [6.07, 6.45) is -9.85. The Bertz CT molecular complexity index is 2030. The van der Waals surface area contributed by atoms with Crippen molar-refractivity contribution in [1.29, 1.82) is 0 Å². The third-order valence-corrected chi connectivity index (χ3v) is 15.7. The van der Waals surface area contributed by atoms with Crippen LogP contribution in [0, 0.1) is 11.3 Å². The van der Waals surface area contributed by atoms with Crippen molar-refractivity contribution < 1.29 is 96.1 Å². The van der Waals surface area contributed by atoms with Crippen molar-refractivity contribution in [2.45, 2.75) is 126 Å². The van der Waals surface area contributed by atoms with E-state index in [0.29, 0.717) is 77.9 Å². The molecule has 0 aromatic heterocycles. The van der Waals surface area contributed by atoms with Crippen molar-refractivity contribution in [1.82, 2.24) is 25.2 Å². The molecule has 4 fully saturated rings. The summed E-state index contributed by atoms with van der Waals surface area (Å²) in [5.74, 6) is -1.66. The van der Waals surface area contributed by atoms with Gasteiger partial charge in [0.25, 0.3) is 0 Å². The number of aliphatic hydroxyl groups excluding tert-OH is 6. The minimum atomic E-state index is -3.65. The van der Waals surface area contributed by atoms with Crippen LogP contribution in [0.15, 0.2) is 10.2 Å². The van der Waals surface area contributed by atoms with E-state index >= 15 is 0 Å². The zero-order valence-corrected chi connectivity index (χ0v) is 45.1. The molecule has 3 heterocycles. The first-order valence-corrected chi connectivity index (χ1v) is 28.0. The second kappa shape index (κ2) is 35.6. The predicted molar refractivity (Wildman–Crippen MR) is 271 cm³/mol. The van der Waals surface area contributed by atoms with Gasteiger partial charge in [-0.2, -0.15) is 0 Å². The molecule has 1 spiro atoms. The van der Waals surface area contributed by atoms with Crippen LogP contribution in [0.1, 0.15) is 64.7 Å². The number of nitrogens with zero attached hydrogens (tertiary/aromatic N) is 8. The van der Waals surface area contributed by atoms with Gasteiger partial charge >= 0.3 is 0 Å². The largest absolute Gasteiger partial charge is 0.394 e. The molecule has 0 radical (unpaired) electrons. The molecule has 4 aliphatic rings. The van der Waals surface area contributed by atoms with Crippen LogP contribution in [0.5, 0.6) is 0 Å². The monoisotopic (exact) mass is 1140 g/mol. The number of ether oxygens (including phenoxy) is 8. The Hall–Kier alpha value is -4.15. The highest BCUT2D eigenvalue weighted by molar-refractivity contribution is 7.89. The molecular formula is C46H81N11O20S. The molecule has 78 heavy (non-hydrogen) atoms. The minimum absolute atomic E-state index is 0.0404. The molecule has 4 amide bonds. The second-order valence-electron chi connectivity index (χ2n) is 19.4. The van der Waals surface area contributed by atoms with E-state index in [1.165, 1.54) is 4.31 Å². The lowest BCUT2D eigenvalue weighted by Crippen LogP contribution is -2.67. The maximum Gasteiger partial charge on any atom is 0.223 e. The van der Waals surface area contributed by atoms with Crippen LogP contribution in [0.3, 0.4) is 0 Å². The lowest BCUT2D eigenvalue weighted by molar-refractivity contribution is -0.346. The Balaban J connectivity index is 1.01. The molecule has 446 valence electrons. The van der Waals surface area contributed by atoms with Gasteiger partial charge in [-0.15, -0.1) is 0 Å². The molecule has 32 heteroatoms. The van der Waals surface area contributed by atoms with Gasteiger partial charge < -0.3 is 89.4 Å². The molecular weight excluding hydrogens is 1060 g/mol. The summed E-state index contributed by atoms with van der Waals surface area (Å²) >= 11 is 0. The summed E-state index contributed by atoms with van der Waals surface area (Å²) in [6.45, 7) is 4.24. The van der Waals surface area contributed by atoms with Crippen molar-refractivity contribution in [3.05, 3.63) is 20.9 Å². The van der Waals surface area contributed by atoms with Gasteiger partial charge in [-0.1, -0.05) is 10.2 Å². The second-order valence-corrected chi connectivity index (χ2v) is 21.5. The summed E-state index contributed by atoms with van der Waals surface area (Å²) < 4.78 is 71.9. The molecule has 1 unspecified atom stereocenters. The number of hydrogen-bond donors (Lipinski definition) is 9. The molecule has 9 N–H and O–H groups in total. The first-order valence-electron chi connectivity index (χ1n) is 26.4. The molecule has 0 bridgehead atoms. The van der Waals surface area contributed by atoms with Gasteiger partial charge in [0.1, 0.15) is 48.8 Å². The molecule has 3 aliphatic heterocycles. The third kappa shape index (κ3) is 22.4. The van der Waals surface area contributed by atoms with E-state index in [0.717, 1.165) is 6.92 Å². The van der Waals surface area contributed by atoms with E-state index in [1.807, 2.05) is 0 Å². The molecule has 1 aliphatic carbocycles. The fraction of sp³-hybridized carbons (Fsp3) is 0.913. The number of hydrogen-bond acceptors (Lipinski definition) is 22. The Morgan fingerprint density at radius 1 is 0.731 bits per heavy atom. The molecule has 0 aromatic rings. The van der Waals surface area contributed by atoms with Crippen LogP contribution in [-0.4, -0.2) is 264 Å². The molecule has 31 nitrogen and oxygen atoms in total. The lowest BCUT2D eigenvalue weighted by atomic mass is 9.57. The zero-order valence-electron chi connectivity index (χ0n) is 44.2. The first-order chi connectivity index (χ1) is 37.4. The highest BCUT2D eigenvalue weighted by atomic mass is 32.2. The number of azide groups is 2. The highest BCUT2D eigenvalue weighted by Gasteiger charge is 2.52. The number of aliphatic hydroxyl groups is 6. The third-order valence-electron chi connectivity index (χ3n) is 13.8. The lowest BCUT2D eigenvalue weighted by Gasteiger charge is -2.51. The molecule has 10 atom stereocenters. The maximum absolute atomic E-state index is 13.2. The van der Waals surface area contributed by atoms with E-state index < -0.39 is 83.9 Å². The Morgan fingerprint density at radius 3 is 2.04 bits per heavy atom. The minimum Gasteiger partial charge on any atom is -0.394 e. The molecule has 4 rings (SSSR count). The summed E-state index contributed by atoms with van der Waals surface area (Å²) in [4.78, 5) is 57.1. The van der Waals surface area contributed by atoms with Crippen LogP contribution in [0.2, 0.25) is 0 Å². The van der Waals surface area contributed by atoms with Gasteiger partial charge in [-0.25, -0.2) is 12.7 Å². The summed E-state index contributed by atoms with van der Waals surface area (Å²) in [7, 11) is -3.65. The number of carbonyl (C=O) groups excluding carboxylic acids is 4.